The molecule has 0 amide bonds. The Bertz CT molecular complexity index is 886. The second-order valence-electron chi connectivity index (χ2n) is 8.93. The van der Waals surface area contributed by atoms with Crippen LogP contribution in [0.3, 0.4) is 0 Å². The van der Waals surface area contributed by atoms with E-state index in [1.807, 2.05) is 82.0 Å². The average Bonchev–Trinajstić information content (AvgIpc) is 2.67. The van der Waals surface area contributed by atoms with Crippen molar-refractivity contribution in [3.8, 4) is 11.8 Å². The zero-order chi connectivity index (χ0) is 23.4. The Hall–Kier alpha value is -2.52. The average molecular weight is 439 g/mol. The molecule has 0 spiro atoms. The van der Waals surface area contributed by atoms with Gasteiger partial charge in [0, 0.05) is 11.3 Å². The maximum absolute atomic E-state index is 10.2. The Morgan fingerprint density at radius 2 is 1.33 bits per heavy atom. The van der Waals surface area contributed by atoms with E-state index in [4.69, 9.17) is 14.9 Å². The van der Waals surface area contributed by atoms with Gasteiger partial charge in [0.15, 0.2) is 22.5 Å². The molecule has 0 aromatic heterocycles. The molecule has 2 aromatic carbocycles. The Morgan fingerprint density at radius 3 is 1.67 bits per heavy atom. The topological polar surface area (TPSA) is 73.9 Å². The van der Waals surface area contributed by atoms with E-state index >= 15 is 0 Å². The highest BCUT2D eigenvalue weighted by Crippen LogP contribution is 2.24. The Balaban J connectivity index is 0.000000475. The van der Waals surface area contributed by atoms with Crippen LogP contribution in [0.5, 0.6) is 0 Å². The molecule has 0 saturated heterocycles. The van der Waals surface area contributed by atoms with Crippen molar-refractivity contribution in [3.63, 3.8) is 0 Å². The van der Waals surface area contributed by atoms with Crippen molar-refractivity contribution < 1.29 is 9.22 Å². The molecule has 0 heterocycles. The Kier molecular flexibility index (Phi) is 11.8. The normalized spacial score (nSPS) is 11.4. The van der Waals surface area contributed by atoms with Crippen LogP contribution in [-0.2, 0) is 4.43 Å². The van der Waals surface area contributed by atoms with E-state index in [0.717, 1.165) is 28.5 Å². The predicted octanol–water partition coefficient (Wildman–Crippen LogP) is 6.61. The minimum absolute atomic E-state index is 0.419. The van der Waals surface area contributed by atoms with Gasteiger partial charge in [0.05, 0.1) is 6.07 Å². The van der Waals surface area contributed by atoms with Gasteiger partial charge in [-0.15, -0.1) is 0 Å². The van der Waals surface area contributed by atoms with Gasteiger partial charge in [-0.2, -0.15) is 5.26 Å². The highest BCUT2D eigenvalue weighted by molar-refractivity contribution is 6.83. The fraction of sp³-hybridized carbons (Fsp3) is 0.375. The molecule has 0 radical (unpaired) electrons. The van der Waals surface area contributed by atoms with E-state index in [2.05, 4.69) is 31.4 Å². The van der Waals surface area contributed by atoms with Crippen LogP contribution in [0.2, 0.25) is 39.3 Å². The predicted molar refractivity (Wildman–Crippen MR) is 129 cm³/mol. The molecule has 160 valence electrons. The molecule has 1 atom stereocenters. The molecule has 0 saturated carbocycles. The smallest absolute Gasteiger partial charge is 0.186 e. The van der Waals surface area contributed by atoms with E-state index in [-0.39, 0.29) is 0 Å². The van der Waals surface area contributed by atoms with Crippen molar-refractivity contribution >= 4 is 22.7 Å². The van der Waals surface area contributed by atoms with Crippen molar-refractivity contribution in [1.82, 2.24) is 0 Å². The van der Waals surface area contributed by atoms with Crippen LogP contribution < -0.4 is 0 Å². The number of benzene rings is 2. The molecule has 1 unspecified atom stereocenters. The summed E-state index contributed by atoms with van der Waals surface area (Å²) < 4.78 is 5.83. The summed E-state index contributed by atoms with van der Waals surface area (Å²) >= 11 is 0. The van der Waals surface area contributed by atoms with E-state index in [9.17, 15) is 4.79 Å². The minimum atomic E-state index is -1.67. The zero-order valence-corrected chi connectivity index (χ0v) is 21.5. The van der Waals surface area contributed by atoms with E-state index in [0.29, 0.717) is 0 Å². The largest absolute Gasteiger partial charge is 0.399 e. The van der Waals surface area contributed by atoms with Crippen LogP contribution >= 0.6 is 0 Å². The van der Waals surface area contributed by atoms with E-state index < -0.39 is 22.5 Å². The van der Waals surface area contributed by atoms with E-state index in [1.165, 1.54) is 0 Å². The molecule has 30 heavy (non-hydrogen) atoms. The number of nitriles is 2. The van der Waals surface area contributed by atoms with Crippen LogP contribution in [0.4, 0.5) is 0 Å². The summed E-state index contributed by atoms with van der Waals surface area (Å²) in [6, 6.07) is 17.6. The summed E-state index contributed by atoms with van der Waals surface area (Å²) in [5, 5.41) is 17.3. The third kappa shape index (κ3) is 12.1. The molecule has 4 nitrogen and oxygen atoms in total. The lowest BCUT2D eigenvalue weighted by Crippen LogP contribution is -2.27. The van der Waals surface area contributed by atoms with Crippen LogP contribution in [0.15, 0.2) is 48.5 Å². The highest BCUT2D eigenvalue weighted by atomic mass is 28.4. The van der Waals surface area contributed by atoms with Crippen LogP contribution in [-0.4, -0.2) is 22.7 Å². The fourth-order valence-corrected chi connectivity index (χ4v) is 3.00. The Morgan fingerprint density at radius 1 is 0.867 bits per heavy atom. The van der Waals surface area contributed by atoms with Gasteiger partial charge in [0.25, 0.3) is 0 Å². The van der Waals surface area contributed by atoms with Gasteiger partial charge in [0.1, 0.15) is 6.29 Å². The molecule has 0 N–H and O–H groups in total. The number of aryl methyl sites for hydroxylation is 2. The van der Waals surface area contributed by atoms with Gasteiger partial charge in [-0.05, 0) is 50.2 Å². The standard InChI is InChI=1S/C12H17NOSi.C8H8O.C4H9NSi/c1-10-7-5-6-8-11(10)12(9-13)14-15(2,3)4;1-7-4-2-3-5-8(7)6-9;1-6(2,3)4-5/h5-8,12H,1-4H3;2-6H,1H3;1-3H3. The molecular weight excluding hydrogens is 404 g/mol. The number of rotatable bonds is 4. The molecule has 2 aromatic rings. The minimum Gasteiger partial charge on any atom is -0.399 e. The number of nitrogens with zero attached hydrogens (tertiary/aromatic N) is 2. The van der Waals surface area contributed by atoms with Crippen molar-refractivity contribution in [2.45, 2.75) is 59.2 Å². The second kappa shape index (κ2) is 12.9. The molecule has 0 aliphatic heterocycles. The Labute approximate surface area is 184 Å². The summed E-state index contributed by atoms with van der Waals surface area (Å²) in [6.07, 6.45) is 0.452. The number of aldehydes is 1. The second-order valence-corrected chi connectivity index (χ2v) is 18.1. The first-order valence-electron chi connectivity index (χ1n) is 9.89. The van der Waals surface area contributed by atoms with Crippen molar-refractivity contribution in [2.24, 2.45) is 0 Å². The molecule has 0 fully saturated rings. The molecule has 0 aliphatic rings. The van der Waals surface area contributed by atoms with Gasteiger partial charge >= 0.3 is 0 Å². The molecule has 6 heteroatoms. The lowest BCUT2D eigenvalue weighted by Gasteiger charge is -2.22. The summed E-state index contributed by atoms with van der Waals surface area (Å²) in [6.45, 7) is 16.3. The summed E-state index contributed by atoms with van der Waals surface area (Å²) in [5.74, 6) is 0. The third-order valence-corrected chi connectivity index (χ3v) is 5.32. The van der Waals surface area contributed by atoms with Crippen molar-refractivity contribution in [2.75, 3.05) is 0 Å². The molecule has 0 bridgehead atoms. The number of carbonyl (C=O) groups is 1. The van der Waals surface area contributed by atoms with Crippen LogP contribution in [0, 0.1) is 36.1 Å². The lowest BCUT2D eigenvalue weighted by atomic mass is 10.0. The van der Waals surface area contributed by atoms with Gasteiger partial charge in [-0.1, -0.05) is 68.2 Å². The fourth-order valence-electron chi connectivity index (χ4n) is 2.11. The van der Waals surface area contributed by atoms with Crippen LogP contribution in [0.1, 0.15) is 33.2 Å². The lowest BCUT2D eigenvalue weighted by molar-refractivity contribution is 0.112. The van der Waals surface area contributed by atoms with Gasteiger partial charge in [-0.3, -0.25) is 4.79 Å². The third-order valence-electron chi connectivity index (χ3n) is 3.71. The van der Waals surface area contributed by atoms with Crippen molar-refractivity contribution in [3.05, 3.63) is 70.8 Å². The molecule has 0 aliphatic carbocycles. The first kappa shape index (κ1) is 27.5. The quantitative estimate of drug-likeness (QED) is 0.398. The summed E-state index contributed by atoms with van der Waals surface area (Å²) in [5.41, 5.74) is 6.15. The van der Waals surface area contributed by atoms with E-state index in [1.54, 1.807) is 0 Å². The number of hydrogen-bond acceptors (Lipinski definition) is 4. The maximum Gasteiger partial charge on any atom is 0.186 e. The highest BCUT2D eigenvalue weighted by Gasteiger charge is 2.22. The van der Waals surface area contributed by atoms with Crippen LogP contribution in [0.25, 0.3) is 0 Å². The van der Waals surface area contributed by atoms with Gasteiger partial charge < -0.3 is 4.43 Å². The SMILES string of the molecule is C[Si](C)(C)C#N.Cc1ccccc1C(C#N)O[Si](C)(C)C.Cc1ccccc1C=O. The first-order chi connectivity index (χ1) is 13.8. The van der Waals surface area contributed by atoms with Crippen molar-refractivity contribution in [1.29, 1.82) is 10.5 Å². The molecular formula is C24H34N2O2Si2. The monoisotopic (exact) mass is 438 g/mol. The summed E-state index contributed by atoms with van der Waals surface area (Å²) in [4.78, 5) is 10.2. The van der Waals surface area contributed by atoms with Gasteiger partial charge in [0.2, 0.25) is 0 Å². The number of hydrogen-bond donors (Lipinski definition) is 0. The first-order valence-corrected chi connectivity index (χ1v) is 16.8. The summed E-state index contributed by atoms with van der Waals surface area (Å²) in [7, 11) is -3.00. The van der Waals surface area contributed by atoms with Gasteiger partial charge in [-0.25, -0.2) is 5.26 Å². The maximum atomic E-state index is 10.2. The molecule has 2 rings (SSSR count). The number of carbonyl (C=O) groups excluding carboxylic acids is 1. The zero-order valence-electron chi connectivity index (χ0n) is 19.5.